The number of nitrogens with zero attached hydrogens (tertiary/aromatic N) is 1. The van der Waals surface area contributed by atoms with Crippen LogP contribution in [0.3, 0.4) is 0 Å². The van der Waals surface area contributed by atoms with Crippen LogP contribution < -0.4 is 0 Å². The molecule has 0 atom stereocenters. The third-order valence-corrected chi connectivity index (χ3v) is 7.97. The minimum absolute atomic E-state index is 0.0417. The fraction of sp³-hybridized carbons (Fsp3) is 0.522. The van der Waals surface area contributed by atoms with E-state index in [0.717, 1.165) is 24.4 Å². The van der Waals surface area contributed by atoms with E-state index >= 15 is 0 Å². The fourth-order valence-electron chi connectivity index (χ4n) is 5.19. The van der Waals surface area contributed by atoms with Gasteiger partial charge < -0.3 is 10.0 Å². The van der Waals surface area contributed by atoms with Gasteiger partial charge in [-0.1, -0.05) is 6.08 Å². The summed E-state index contributed by atoms with van der Waals surface area (Å²) in [5.41, 5.74) is -0.458. The van der Waals surface area contributed by atoms with E-state index in [-0.39, 0.29) is 11.3 Å². The maximum atomic E-state index is 14.6. The summed E-state index contributed by atoms with van der Waals surface area (Å²) in [5.74, 6) is -5.07. The number of aliphatic carboxylic acids is 1. The Morgan fingerprint density at radius 3 is 2.42 bits per heavy atom. The van der Waals surface area contributed by atoms with Crippen molar-refractivity contribution in [2.75, 3.05) is 18.8 Å². The summed E-state index contributed by atoms with van der Waals surface area (Å²) in [4.78, 5) is 13.8. The highest BCUT2D eigenvalue weighted by molar-refractivity contribution is 8.03. The van der Waals surface area contributed by atoms with Gasteiger partial charge in [-0.15, -0.1) is 11.8 Å². The van der Waals surface area contributed by atoms with E-state index in [1.807, 2.05) is 4.90 Å². The van der Waals surface area contributed by atoms with Crippen molar-refractivity contribution in [3.8, 4) is 0 Å². The minimum Gasteiger partial charge on any atom is -0.478 e. The molecular weight excluding hydrogens is 430 g/mol. The predicted octanol–water partition coefficient (Wildman–Crippen LogP) is 5.78. The molecule has 0 spiro atoms. The number of fused-ring (bicyclic) bond motifs is 2. The van der Waals surface area contributed by atoms with E-state index in [4.69, 9.17) is 0 Å². The second-order valence-electron chi connectivity index (χ2n) is 8.60. The van der Waals surface area contributed by atoms with Gasteiger partial charge in [0, 0.05) is 30.8 Å². The van der Waals surface area contributed by atoms with Crippen molar-refractivity contribution in [3.63, 3.8) is 0 Å². The zero-order chi connectivity index (χ0) is 22.2. The number of rotatable bonds is 8. The van der Waals surface area contributed by atoms with Crippen molar-refractivity contribution >= 4 is 17.7 Å². The molecule has 8 heteroatoms. The zero-order valence-electron chi connectivity index (χ0n) is 17.0. The third kappa shape index (κ3) is 4.64. The van der Waals surface area contributed by atoms with Gasteiger partial charge in [-0.2, -0.15) is 0 Å². The molecule has 1 aromatic rings. The van der Waals surface area contributed by atoms with Crippen LogP contribution in [0.2, 0.25) is 0 Å². The second kappa shape index (κ2) is 8.88. The fourth-order valence-corrected chi connectivity index (χ4v) is 6.39. The lowest BCUT2D eigenvalue weighted by Gasteiger charge is -2.33. The molecule has 1 heterocycles. The molecule has 0 radical (unpaired) electrons. The first kappa shape index (κ1) is 22.2. The summed E-state index contributed by atoms with van der Waals surface area (Å²) in [6.45, 7) is 1.31. The van der Waals surface area contributed by atoms with Gasteiger partial charge >= 0.3 is 5.97 Å². The average Bonchev–Trinajstić information content (AvgIpc) is 3.29. The highest BCUT2D eigenvalue weighted by Gasteiger charge is 2.42. The van der Waals surface area contributed by atoms with Gasteiger partial charge in [-0.3, -0.25) is 0 Å². The highest BCUT2D eigenvalue weighted by atomic mass is 32.2. The van der Waals surface area contributed by atoms with Crippen molar-refractivity contribution in [2.24, 2.45) is 17.8 Å². The minimum atomic E-state index is -3.34. The molecular formula is C23H25F4NO2S. The van der Waals surface area contributed by atoms with E-state index in [9.17, 15) is 27.5 Å². The molecule has 2 bridgehead atoms. The number of alkyl halides is 2. The number of hydrogen-bond donors (Lipinski definition) is 1. The van der Waals surface area contributed by atoms with Crippen LogP contribution in [0.4, 0.5) is 17.6 Å². The summed E-state index contributed by atoms with van der Waals surface area (Å²) >= 11 is 1.10. The summed E-state index contributed by atoms with van der Waals surface area (Å²) in [5, 5.41) is 10.1. The van der Waals surface area contributed by atoms with Crippen LogP contribution in [0, 0.1) is 29.4 Å². The lowest BCUT2D eigenvalue weighted by Crippen LogP contribution is -2.33. The van der Waals surface area contributed by atoms with Gasteiger partial charge in [0.15, 0.2) is 11.6 Å². The molecule has 0 unspecified atom stereocenters. The van der Waals surface area contributed by atoms with Gasteiger partial charge in [0.2, 0.25) is 0 Å². The summed E-state index contributed by atoms with van der Waals surface area (Å²) in [6.07, 6.45) is 7.62. The Labute approximate surface area is 183 Å². The second-order valence-corrected chi connectivity index (χ2v) is 9.69. The van der Waals surface area contributed by atoms with Gasteiger partial charge in [0.05, 0.1) is 10.6 Å². The molecule has 3 aliphatic rings. The molecule has 4 rings (SSSR count). The smallest absolute Gasteiger partial charge is 0.338 e. The lowest BCUT2D eigenvalue weighted by atomic mass is 9.97. The number of halogens is 4. The summed E-state index contributed by atoms with van der Waals surface area (Å²) < 4.78 is 55.5. The Balaban J connectivity index is 1.46. The van der Waals surface area contributed by atoms with Gasteiger partial charge in [0.25, 0.3) is 5.92 Å². The highest BCUT2D eigenvalue weighted by Crippen LogP contribution is 2.50. The molecule has 0 saturated heterocycles. The number of carboxylic acids is 1. The molecule has 0 aromatic heterocycles. The van der Waals surface area contributed by atoms with Crippen LogP contribution >= 0.6 is 11.8 Å². The van der Waals surface area contributed by atoms with E-state index in [2.05, 4.69) is 0 Å². The number of carboxylic acid groups (broad SMARTS) is 1. The Morgan fingerprint density at radius 1 is 1.13 bits per heavy atom. The molecule has 1 N–H and O–H groups in total. The van der Waals surface area contributed by atoms with Crippen molar-refractivity contribution in [1.29, 1.82) is 0 Å². The Morgan fingerprint density at radius 2 is 1.81 bits per heavy atom. The van der Waals surface area contributed by atoms with E-state index in [1.54, 1.807) is 6.08 Å². The molecule has 3 nitrogen and oxygen atoms in total. The van der Waals surface area contributed by atoms with Crippen LogP contribution in [0.25, 0.3) is 0 Å². The van der Waals surface area contributed by atoms with Gasteiger partial charge in [0.1, 0.15) is 0 Å². The summed E-state index contributed by atoms with van der Waals surface area (Å²) in [7, 11) is 0. The van der Waals surface area contributed by atoms with Crippen LogP contribution in [0.15, 0.2) is 41.0 Å². The predicted molar refractivity (Wildman–Crippen MR) is 112 cm³/mol. The molecule has 1 aromatic carbocycles. The van der Waals surface area contributed by atoms with E-state index in [0.29, 0.717) is 41.5 Å². The lowest BCUT2D eigenvalue weighted by molar-refractivity contribution is -0.132. The van der Waals surface area contributed by atoms with Crippen LogP contribution in [-0.4, -0.2) is 34.8 Å². The Bertz CT molecular complexity index is 897. The number of thioether (sulfide) groups is 1. The molecule has 2 saturated carbocycles. The monoisotopic (exact) mass is 455 g/mol. The molecule has 0 amide bonds. The Kier molecular flexibility index (Phi) is 6.37. The van der Waals surface area contributed by atoms with E-state index < -0.39 is 35.5 Å². The first-order valence-electron chi connectivity index (χ1n) is 10.6. The van der Waals surface area contributed by atoms with Crippen LogP contribution in [-0.2, 0) is 10.7 Å². The molecule has 2 fully saturated rings. The largest absolute Gasteiger partial charge is 0.478 e. The number of benzene rings is 1. The SMILES string of the molecule is O=C(O)C1=C(SCCC(F)(F)c2ccc(F)c(F)c2)N(CC2C3CCC2CC3)CC=C1. The van der Waals surface area contributed by atoms with Crippen LogP contribution in [0.1, 0.15) is 37.7 Å². The average molecular weight is 456 g/mol. The molecule has 2 aliphatic carbocycles. The number of carbonyl (C=O) groups is 1. The maximum absolute atomic E-state index is 14.6. The molecule has 31 heavy (non-hydrogen) atoms. The zero-order valence-corrected chi connectivity index (χ0v) is 17.8. The first-order valence-corrected chi connectivity index (χ1v) is 11.6. The normalized spacial score (nSPS) is 25.5. The Hall–Kier alpha value is -1.96. The van der Waals surface area contributed by atoms with Crippen molar-refractivity contribution in [3.05, 3.63) is 58.2 Å². The van der Waals surface area contributed by atoms with Crippen molar-refractivity contribution in [2.45, 2.75) is 38.0 Å². The van der Waals surface area contributed by atoms with Crippen LogP contribution in [0.5, 0.6) is 0 Å². The van der Waals surface area contributed by atoms with Crippen molar-refractivity contribution in [1.82, 2.24) is 4.90 Å². The number of hydrogen-bond acceptors (Lipinski definition) is 3. The molecule has 1 aliphatic heterocycles. The van der Waals surface area contributed by atoms with Crippen molar-refractivity contribution < 1.29 is 27.5 Å². The van der Waals surface area contributed by atoms with Gasteiger partial charge in [-0.05, 0) is 67.7 Å². The summed E-state index contributed by atoms with van der Waals surface area (Å²) in [6, 6.07) is 2.10. The topological polar surface area (TPSA) is 40.5 Å². The standard InChI is InChI=1S/C23H25F4NO2S/c24-19-8-7-16(12-20(19)25)23(26,27)9-11-31-21-17(22(29)30)2-1-10-28(21)13-18-14-3-4-15(18)6-5-14/h1-2,7-8,12,14-15,18H,3-6,9-11,13H2,(H,29,30). The van der Waals surface area contributed by atoms with E-state index in [1.165, 1.54) is 31.8 Å². The molecule has 168 valence electrons. The quantitative estimate of drug-likeness (QED) is 0.504. The third-order valence-electron chi connectivity index (χ3n) is 6.81. The first-order chi connectivity index (χ1) is 14.8. The van der Waals surface area contributed by atoms with Gasteiger partial charge in [-0.25, -0.2) is 22.4 Å². The maximum Gasteiger partial charge on any atom is 0.338 e.